The van der Waals surface area contributed by atoms with E-state index in [1.54, 1.807) is 12.4 Å². The minimum absolute atomic E-state index is 0.348. The molecular weight excluding hydrogens is 154 g/mol. The van der Waals surface area contributed by atoms with Gasteiger partial charge in [-0.25, -0.2) is 0 Å². The summed E-state index contributed by atoms with van der Waals surface area (Å²) in [5.41, 5.74) is 1.64. The number of nitrogens with zero attached hydrogens (tertiary/aromatic N) is 3. The fourth-order valence-electron chi connectivity index (χ4n) is 1.16. The van der Waals surface area contributed by atoms with E-state index in [4.69, 9.17) is 4.52 Å². The Hall–Kier alpha value is -1.45. The molecule has 0 aliphatic rings. The Kier molecular flexibility index (Phi) is 1.53. The van der Waals surface area contributed by atoms with E-state index in [0.717, 1.165) is 11.1 Å². The predicted octanol–water partition coefficient (Wildman–Crippen LogP) is 1.74. The van der Waals surface area contributed by atoms with Gasteiger partial charge in [-0.3, -0.25) is 0 Å². The molecular formula is C8H9N3O. The van der Waals surface area contributed by atoms with Crippen LogP contribution in [0.4, 0.5) is 0 Å². The van der Waals surface area contributed by atoms with Gasteiger partial charge in [-0.2, -0.15) is 10.2 Å². The molecule has 0 aromatic carbocycles. The van der Waals surface area contributed by atoms with Gasteiger partial charge in [0.15, 0.2) is 5.58 Å². The third-order valence-corrected chi connectivity index (χ3v) is 1.76. The van der Waals surface area contributed by atoms with Crippen LogP contribution in [0.5, 0.6) is 0 Å². The lowest BCUT2D eigenvalue weighted by Crippen LogP contribution is -1.94. The fourth-order valence-corrected chi connectivity index (χ4v) is 1.16. The Labute approximate surface area is 69.6 Å². The van der Waals surface area contributed by atoms with E-state index >= 15 is 0 Å². The Morgan fingerprint density at radius 1 is 1.33 bits per heavy atom. The zero-order valence-electron chi connectivity index (χ0n) is 6.98. The lowest BCUT2D eigenvalue weighted by molar-refractivity contribution is 0.455. The average Bonchev–Trinajstić information content (AvgIpc) is 2.49. The zero-order chi connectivity index (χ0) is 8.55. The molecule has 12 heavy (non-hydrogen) atoms. The van der Waals surface area contributed by atoms with Gasteiger partial charge < -0.3 is 4.52 Å². The maximum absolute atomic E-state index is 4.96. The van der Waals surface area contributed by atoms with E-state index in [1.807, 2.05) is 0 Å². The molecule has 0 atom stereocenters. The quantitative estimate of drug-likeness (QED) is 0.642. The summed E-state index contributed by atoms with van der Waals surface area (Å²) in [6.45, 7) is 4.13. The molecule has 0 unspecified atom stereocenters. The third-order valence-electron chi connectivity index (χ3n) is 1.76. The number of aromatic nitrogens is 3. The molecule has 0 fully saturated rings. The first-order valence-corrected chi connectivity index (χ1v) is 3.85. The van der Waals surface area contributed by atoms with Crippen LogP contribution in [0.2, 0.25) is 0 Å². The second-order valence-electron chi connectivity index (χ2n) is 2.99. The summed E-state index contributed by atoms with van der Waals surface area (Å²) in [4.78, 5) is 0. The topological polar surface area (TPSA) is 51.8 Å². The summed E-state index contributed by atoms with van der Waals surface area (Å²) in [6.07, 6.45) is 3.26. The zero-order valence-corrected chi connectivity index (χ0v) is 6.98. The van der Waals surface area contributed by atoms with Crippen molar-refractivity contribution >= 4 is 11.0 Å². The van der Waals surface area contributed by atoms with E-state index in [0.29, 0.717) is 11.5 Å². The monoisotopic (exact) mass is 163 g/mol. The van der Waals surface area contributed by atoms with Crippen LogP contribution in [0.1, 0.15) is 25.5 Å². The van der Waals surface area contributed by atoms with Crippen LogP contribution in [0.15, 0.2) is 16.9 Å². The standard InChI is InChI=1S/C8H9N3O/c1-5(2)8-6-3-10-12-7(6)4-9-11-8/h3-5H,1-2H3. The molecule has 0 spiro atoms. The van der Waals surface area contributed by atoms with Crippen LogP contribution in [0, 0.1) is 0 Å². The molecule has 2 rings (SSSR count). The number of fused-ring (bicyclic) bond motifs is 1. The summed E-state index contributed by atoms with van der Waals surface area (Å²) in [5, 5.41) is 12.5. The highest BCUT2D eigenvalue weighted by atomic mass is 16.5. The molecule has 0 aliphatic carbocycles. The smallest absolute Gasteiger partial charge is 0.188 e. The Morgan fingerprint density at radius 3 is 2.92 bits per heavy atom. The minimum atomic E-state index is 0.348. The first-order chi connectivity index (χ1) is 5.79. The van der Waals surface area contributed by atoms with Crippen LogP contribution in [-0.4, -0.2) is 15.4 Å². The maximum atomic E-state index is 4.96. The van der Waals surface area contributed by atoms with E-state index < -0.39 is 0 Å². The SMILES string of the molecule is CC(C)c1nncc2oncc12. The molecule has 2 aromatic rings. The minimum Gasteiger partial charge on any atom is -0.354 e. The summed E-state index contributed by atoms with van der Waals surface area (Å²) >= 11 is 0. The number of hydrogen-bond donors (Lipinski definition) is 0. The Morgan fingerprint density at radius 2 is 2.17 bits per heavy atom. The van der Waals surface area contributed by atoms with Gasteiger partial charge in [0.05, 0.1) is 23.5 Å². The molecule has 0 radical (unpaired) electrons. The summed E-state index contributed by atoms with van der Waals surface area (Å²) < 4.78 is 4.96. The molecule has 4 heteroatoms. The average molecular weight is 163 g/mol. The number of hydrogen-bond acceptors (Lipinski definition) is 4. The van der Waals surface area contributed by atoms with Crippen LogP contribution in [0.3, 0.4) is 0 Å². The van der Waals surface area contributed by atoms with Gasteiger partial charge >= 0.3 is 0 Å². The first kappa shape index (κ1) is 7.21. The molecule has 0 aliphatic heterocycles. The lowest BCUT2D eigenvalue weighted by atomic mass is 10.1. The van der Waals surface area contributed by atoms with Crippen LogP contribution >= 0.6 is 0 Å². The molecule has 0 N–H and O–H groups in total. The van der Waals surface area contributed by atoms with E-state index in [1.165, 1.54) is 0 Å². The predicted molar refractivity (Wildman–Crippen MR) is 43.7 cm³/mol. The van der Waals surface area contributed by atoms with Gasteiger partial charge in [0.1, 0.15) is 0 Å². The van der Waals surface area contributed by atoms with Crippen LogP contribution in [0.25, 0.3) is 11.0 Å². The largest absolute Gasteiger partial charge is 0.354 e. The van der Waals surface area contributed by atoms with Crippen molar-refractivity contribution in [2.24, 2.45) is 0 Å². The van der Waals surface area contributed by atoms with Gasteiger partial charge in [-0.05, 0) is 5.92 Å². The normalized spacial score (nSPS) is 11.2. The second kappa shape index (κ2) is 2.55. The highest BCUT2D eigenvalue weighted by molar-refractivity contribution is 5.77. The Balaban J connectivity index is 2.73. The van der Waals surface area contributed by atoms with Crippen molar-refractivity contribution in [1.82, 2.24) is 15.4 Å². The highest BCUT2D eigenvalue weighted by Crippen LogP contribution is 2.20. The van der Waals surface area contributed by atoms with Crippen molar-refractivity contribution in [3.63, 3.8) is 0 Å². The summed E-state index contributed by atoms with van der Waals surface area (Å²) in [6, 6.07) is 0. The van der Waals surface area contributed by atoms with Crippen LogP contribution in [-0.2, 0) is 0 Å². The molecule has 0 amide bonds. The molecule has 2 aromatic heterocycles. The fraction of sp³-hybridized carbons (Fsp3) is 0.375. The second-order valence-corrected chi connectivity index (χ2v) is 2.99. The van der Waals surface area contributed by atoms with Crippen molar-refractivity contribution < 1.29 is 4.52 Å². The molecule has 0 bridgehead atoms. The van der Waals surface area contributed by atoms with Crippen molar-refractivity contribution in [2.75, 3.05) is 0 Å². The van der Waals surface area contributed by atoms with Crippen molar-refractivity contribution in [2.45, 2.75) is 19.8 Å². The maximum Gasteiger partial charge on any atom is 0.188 e. The molecule has 2 heterocycles. The van der Waals surface area contributed by atoms with Gasteiger partial charge in [-0.15, -0.1) is 0 Å². The van der Waals surface area contributed by atoms with Crippen molar-refractivity contribution in [1.29, 1.82) is 0 Å². The molecule has 0 saturated carbocycles. The highest BCUT2D eigenvalue weighted by Gasteiger charge is 2.09. The van der Waals surface area contributed by atoms with Gasteiger partial charge in [0, 0.05) is 0 Å². The third kappa shape index (κ3) is 0.958. The van der Waals surface area contributed by atoms with E-state index in [-0.39, 0.29) is 0 Å². The molecule has 62 valence electrons. The molecule has 4 nitrogen and oxygen atoms in total. The van der Waals surface area contributed by atoms with Crippen LogP contribution < -0.4 is 0 Å². The lowest BCUT2D eigenvalue weighted by Gasteiger charge is -2.01. The Bertz CT molecular complexity index is 394. The molecule has 0 saturated heterocycles. The number of rotatable bonds is 1. The van der Waals surface area contributed by atoms with Crippen molar-refractivity contribution in [3.8, 4) is 0 Å². The van der Waals surface area contributed by atoms with Crippen molar-refractivity contribution in [3.05, 3.63) is 18.1 Å². The first-order valence-electron chi connectivity index (χ1n) is 3.85. The van der Waals surface area contributed by atoms with E-state index in [2.05, 4.69) is 29.2 Å². The van der Waals surface area contributed by atoms with Gasteiger partial charge in [-0.1, -0.05) is 19.0 Å². The van der Waals surface area contributed by atoms with Gasteiger partial charge in [0.25, 0.3) is 0 Å². The van der Waals surface area contributed by atoms with E-state index in [9.17, 15) is 0 Å². The summed E-state index contributed by atoms with van der Waals surface area (Å²) in [5.74, 6) is 0.348. The van der Waals surface area contributed by atoms with Gasteiger partial charge in [0.2, 0.25) is 0 Å². The summed E-state index contributed by atoms with van der Waals surface area (Å²) in [7, 11) is 0.